The third-order valence-electron chi connectivity index (χ3n) is 3.84. The Kier molecular flexibility index (Phi) is 4.10. The summed E-state index contributed by atoms with van der Waals surface area (Å²) in [4.78, 5) is 2.37. The summed E-state index contributed by atoms with van der Waals surface area (Å²) in [5.41, 5.74) is 2.62. The van der Waals surface area contributed by atoms with Crippen LogP contribution < -0.4 is 10.2 Å². The molecule has 0 saturated heterocycles. The largest absolute Gasteiger partial charge is 0.395 e. The maximum atomic E-state index is 9.29. The van der Waals surface area contributed by atoms with E-state index in [-0.39, 0.29) is 6.61 Å². The van der Waals surface area contributed by atoms with Gasteiger partial charge in [-0.15, -0.1) is 0 Å². The minimum absolute atomic E-state index is 0.221. The average Bonchev–Trinajstić information content (AvgIpc) is 3.28. The zero-order chi connectivity index (χ0) is 13.2. The molecule has 2 fully saturated rings. The Morgan fingerprint density at radius 3 is 2.68 bits per heavy atom. The van der Waals surface area contributed by atoms with Gasteiger partial charge in [-0.3, -0.25) is 0 Å². The van der Waals surface area contributed by atoms with E-state index in [9.17, 15) is 5.11 Å². The van der Waals surface area contributed by atoms with Gasteiger partial charge in [-0.05, 0) is 43.4 Å². The molecule has 0 aromatic heterocycles. The lowest BCUT2D eigenvalue weighted by molar-refractivity contribution is 0.301. The van der Waals surface area contributed by atoms with Crippen molar-refractivity contribution in [3.8, 4) is 0 Å². The molecular weight excluding hydrogens is 304 g/mol. The van der Waals surface area contributed by atoms with Crippen molar-refractivity contribution >= 4 is 21.6 Å². The van der Waals surface area contributed by atoms with Gasteiger partial charge in [0.15, 0.2) is 0 Å². The summed E-state index contributed by atoms with van der Waals surface area (Å²) in [6, 6.07) is 7.85. The average molecular weight is 325 g/mol. The lowest BCUT2D eigenvalue weighted by Gasteiger charge is -2.27. The molecular formula is C15H21BrN2O. The Labute approximate surface area is 123 Å². The van der Waals surface area contributed by atoms with Gasteiger partial charge < -0.3 is 15.3 Å². The molecule has 0 atom stereocenters. The zero-order valence-corrected chi connectivity index (χ0v) is 12.7. The van der Waals surface area contributed by atoms with Gasteiger partial charge in [0.05, 0.1) is 6.61 Å². The molecule has 3 nitrogen and oxygen atoms in total. The predicted octanol–water partition coefficient (Wildman–Crippen LogP) is 2.66. The van der Waals surface area contributed by atoms with Crippen LogP contribution in [0.5, 0.6) is 0 Å². The Morgan fingerprint density at radius 1 is 1.26 bits per heavy atom. The number of nitrogens with zero attached hydrogens (tertiary/aromatic N) is 1. The second kappa shape index (κ2) is 5.81. The first kappa shape index (κ1) is 13.4. The Balaban J connectivity index is 1.80. The van der Waals surface area contributed by atoms with Crippen molar-refractivity contribution in [1.82, 2.24) is 5.32 Å². The van der Waals surface area contributed by atoms with E-state index in [1.807, 2.05) is 0 Å². The summed E-state index contributed by atoms with van der Waals surface area (Å²) in [5.74, 6) is 0. The van der Waals surface area contributed by atoms with E-state index >= 15 is 0 Å². The highest BCUT2D eigenvalue weighted by Crippen LogP contribution is 2.35. The van der Waals surface area contributed by atoms with Crippen molar-refractivity contribution in [1.29, 1.82) is 0 Å². The van der Waals surface area contributed by atoms with E-state index in [1.54, 1.807) is 0 Å². The standard InChI is InChI=1S/C15H21BrN2O/c16-12-2-1-11(10-17-13-3-4-13)15(9-12)18(7-8-19)14-5-6-14/h1-2,9,13-14,17,19H,3-8,10H2. The number of anilines is 1. The van der Waals surface area contributed by atoms with Crippen LogP contribution in [0.15, 0.2) is 22.7 Å². The van der Waals surface area contributed by atoms with Crippen LogP contribution in [0.3, 0.4) is 0 Å². The quantitative estimate of drug-likeness (QED) is 0.809. The van der Waals surface area contributed by atoms with E-state index in [2.05, 4.69) is 44.3 Å². The third-order valence-corrected chi connectivity index (χ3v) is 4.34. The van der Waals surface area contributed by atoms with E-state index in [1.165, 1.54) is 36.9 Å². The van der Waals surface area contributed by atoms with Crippen LogP contribution in [0.25, 0.3) is 0 Å². The highest BCUT2D eigenvalue weighted by atomic mass is 79.9. The summed E-state index contributed by atoms with van der Waals surface area (Å²) >= 11 is 3.57. The van der Waals surface area contributed by atoms with E-state index in [0.29, 0.717) is 6.04 Å². The molecule has 0 heterocycles. The first-order valence-corrected chi connectivity index (χ1v) is 7.96. The van der Waals surface area contributed by atoms with Crippen molar-refractivity contribution in [2.45, 2.75) is 44.3 Å². The number of hydrogen-bond donors (Lipinski definition) is 2. The van der Waals surface area contributed by atoms with Crippen molar-refractivity contribution in [2.24, 2.45) is 0 Å². The first-order chi connectivity index (χ1) is 9.28. The summed E-state index contributed by atoms with van der Waals surface area (Å²) in [5, 5.41) is 12.9. The van der Waals surface area contributed by atoms with E-state index in [4.69, 9.17) is 0 Å². The van der Waals surface area contributed by atoms with Gasteiger partial charge in [0, 0.05) is 35.3 Å². The second-order valence-corrected chi connectivity index (χ2v) is 6.49. The Bertz CT molecular complexity index is 444. The summed E-state index contributed by atoms with van der Waals surface area (Å²) in [7, 11) is 0. The van der Waals surface area contributed by atoms with Gasteiger partial charge >= 0.3 is 0 Å². The van der Waals surface area contributed by atoms with Crippen LogP contribution in [0, 0.1) is 0 Å². The number of hydrogen-bond acceptors (Lipinski definition) is 3. The number of rotatable bonds is 7. The smallest absolute Gasteiger partial charge is 0.0606 e. The van der Waals surface area contributed by atoms with Crippen LogP contribution >= 0.6 is 15.9 Å². The van der Waals surface area contributed by atoms with Gasteiger partial charge in [0.2, 0.25) is 0 Å². The van der Waals surface area contributed by atoms with Gasteiger partial charge in [-0.1, -0.05) is 22.0 Å². The fourth-order valence-electron chi connectivity index (χ4n) is 2.49. The van der Waals surface area contributed by atoms with Crippen LogP contribution in [-0.2, 0) is 6.54 Å². The maximum absolute atomic E-state index is 9.29. The number of aliphatic hydroxyl groups is 1. The van der Waals surface area contributed by atoms with Crippen LogP contribution in [0.1, 0.15) is 31.2 Å². The summed E-state index contributed by atoms with van der Waals surface area (Å²) in [6.07, 6.45) is 5.13. The number of halogens is 1. The summed E-state index contributed by atoms with van der Waals surface area (Å²) in [6.45, 7) is 1.89. The zero-order valence-electron chi connectivity index (χ0n) is 11.1. The van der Waals surface area contributed by atoms with Crippen molar-refractivity contribution in [2.75, 3.05) is 18.1 Å². The molecule has 4 heteroatoms. The highest BCUT2D eigenvalue weighted by Gasteiger charge is 2.30. The maximum Gasteiger partial charge on any atom is 0.0606 e. The molecule has 0 bridgehead atoms. The molecule has 1 aromatic rings. The van der Waals surface area contributed by atoms with Gasteiger partial charge in [-0.25, -0.2) is 0 Å². The molecule has 0 amide bonds. The van der Waals surface area contributed by atoms with Crippen molar-refractivity contribution in [3.05, 3.63) is 28.2 Å². The molecule has 0 unspecified atom stereocenters. The molecule has 2 aliphatic carbocycles. The van der Waals surface area contributed by atoms with Gasteiger partial charge in [0.25, 0.3) is 0 Å². The molecule has 19 heavy (non-hydrogen) atoms. The molecule has 0 radical (unpaired) electrons. The molecule has 2 saturated carbocycles. The molecule has 0 aliphatic heterocycles. The first-order valence-electron chi connectivity index (χ1n) is 7.17. The third kappa shape index (κ3) is 3.50. The SMILES string of the molecule is OCCN(c1cc(Br)ccc1CNC1CC1)C1CC1. The molecule has 2 aliphatic rings. The predicted molar refractivity (Wildman–Crippen MR) is 81.5 cm³/mol. The van der Waals surface area contributed by atoms with E-state index < -0.39 is 0 Å². The minimum Gasteiger partial charge on any atom is -0.395 e. The van der Waals surface area contributed by atoms with Crippen molar-refractivity contribution in [3.63, 3.8) is 0 Å². The van der Waals surface area contributed by atoms with E-state index in [0.717, 1.165) is 23.6 Å². The van der Waals surface area contributed by atoms with Crippen molar-refractivity contribution < 1.29 is 5.11 Å². The minimum atomic E-state index is 0.221. The fraction of sp³-hybridized carbons (Fsp3) is 0.600. The Hall–Kier alpha value is -0.580. The number of nitrogens with one attached hydrogen (secondary N) is 1. The topological polar surface area (TPSA) is 35.5 Å². The molecule has 1 aromatic carbocycles. The normalized spacial score (nSPS) is 18.6. The number of aliphatic hydroxyl groups excluding tert-OH is 1. The van der Waals surface area contributed by atoms with Gasteiger partial charge in [-0.2, -0.15) is 0 Å². The highest BCUT2D eigenvalue weighted by molar-refractivity contribution is 9.10. The van der Waals surface area contributed by atoms with Crippen LogP contribution in [-0.4, -0.2) is 30.3 Å². The molecule has 104 valence electrons. The lowest BCUT2D eigenvalue weighted by Crippen LogP contribution is -2.30. The van der Waals surface area contributed by atoms with Crippen LogP contribution in [0.2, 0.25) is 0 Å². The molecule has 2 N–H and O–H groups in total. The lowest BCUT2D eigenvalue weighted by atomic mass is 10.1. The monoisotopic (exact) mass is 324 g/mol. The second-order valence-electron chi connectivity index (χ2n) is 5.58. The number of benzene rings is 1. The summed E-state index contributed by atoms with van der Waals surface area (Å²) < 4.78 is 1.11. The fourth-order valence-corrected chi connectivity index (χ4v) is 2.84. The molecule has 0 spiro atoms. The molecule has 3 rings (SSSR count). The van der Waals surface area contributed by atoms with Gasteiger partial charge in [0.1, 0.15) is 0 Å². The van der Waals surface area contributed by atoms with Crippen LogP contribution in [0.4, 0.5) is 5.69 Å². The Morgan fingerprint density at radius 2 is 2.05 bits per heavy atom.